The van der Waals surface area contributed by atoms with E-state index in [2.05, 4.69) is 0 Å². The maximum atomic E-state index is 13.4. The Morgan fingerprint density at radius 3 is 2.25 bits per heavy atom. The first-order chi connectivity index (χ1) is 13.3. The average molecular weight is 427 g/mol. The summed E-state index contributed by atoms with van der Waals surface area (Å²) in [6.45, 7) is 0.419. The topological polar surface area (TPSA) is 57.7 Å². The van der Waals surface area contributed by atoms with Gasteiger partial charge in [0.1, 0.15) is 0 Å². The summed E-state index contributed by atoms with van der Waals surface area (Å²) >= 11 is 5.85. The van der Waals surface area contributed by atoms with Crippen molar-refractivity contribution in [2.24, 2.45) is 0 Å². The number of benzene rings is 2. The maximum Gasteiger partial charge on any atom is 0.255 e. The van der Waals surface area contributed by atoms with Crippen molar-refractivity contribution >= 4 is 33.6 Å². The molecule has 148 valence electrons. The summed E-state index contributed by atoms with van der Waals surface area (Å²) in [5.41, 5.74) is 0.605. The molecule has 2 aromatic carbocycles. The monoisotopic (exact) mass is 426 g/mol. The lowest BCUT2D eigenvalue weighted by Gasteiger charge is -2.33. The number of rotatable bonds is 4. The number of hydrogen-bond acceptors (Lipinski definition) is 3. The highest BCUT2D eigenvalue weighted by molar-refractivity contribution is 7.92. The molecule has 0 aromatic heterocycles. The van der Waals surface area contributed by atoms with E-state index in [9.17, 15) is 22.0 Å². The molecule has 3 rings (SSSR count). The van der Waals surface area contributed by atoms with E-state index in [1.54, 1.807) is 24.3 Å². The van der Waals surface area contributed by atoms with Crippen molar-refractivity contribution in [2.45, 2.75) is 0 Å². The van der Waals surface area contributed by atoms with Gasteiger partial charge in [0.15, 0.2) is 11.6 Å². The van der Waals surface area contributed by atoms with Crippen LogP contribution in [-0.4, -0.2) is 49.7 Å². The zero-order chi connectivity index (χ0) is 20.3. The molecule has 0 radical (unpaired) electrons. The van der Waals surface area contributed by atoms with Gasteiger partial charge in [-0.15, -0.1) is 0 Å². The molecule has 1 fully saturated rings. The van der Waals surface area contributed by atoms with Crippen LogP contribution in [0.5, 0.6) is 0 Å². The smallest absolute Gasteiger partial charge is 0.255 e. The van der Waals surface area contributed by atoms with Crippen LogP contribution in [0.25, 0.3) is 6.08 Å². The van der Waals surface area contributed by atoms with Crippen LogP contribution in [0.3, 0.4) is 0 Å². The normalized spacial score (nSPS) is 15.9. The van der Waals surface area contributed by atoms with Gasteiger partial charge in [-0.1, -0.05) is 41.9 Å². The summed E-state index contributed by atoms with van der Waals surface area (Å²) in [5.74, 6) is -2.87. The third kappa shape index (κ3) is 4.57. The van der Waals surface area contributed by atoms with Crippen LogP contribution in [0.2, 0.25) is 5.02 Å². The molecule has 1 heterocycles. The van der Waals surface area contributed by atoms with Gasteiger partial charge in [0.05, 0.1) is 10.6 Å². The largest absolute Gasteiger partial charge is 0.336 e. The molecule has 0 unspecified atom stereocenters. The molecule has 1 amide bonds. The summed E-state index contributed by atoms with van der Waals surface area (Å²) in [7, 11) is -3.64. The zero-order valence-electron chi connectivity index (χ0n) is 14.7. The number of piperazine rings is 1. The van der Waals surface area contributed by atoms with Gasteiger partial charge in [-0.2, -0.15) is 4.31 Å². The molecule has 9 heteroatoms. The fourth-order valence-corrected chi connectivity index (χ4v) is 4.22. The van der Waals surface area contributed by atoms with Crippen molar-refractivity contribution in [3.63, 3.8) is 0 Å². The van der Waals surface area contributed by atoms with Crippen LogP contribution in [0.1, 0.15) is 15.9 Å². The molecule has 0 atom stereocenters. The van der Waals surface area contributed by atoms with E-state index in [-0.39, 0.29) is 36.8 Å². The van der Waals surface area contributed by atoms with Gasteiger partial charge < -0.3 is 4.90 Å². The minimum absolute atomic E-state index is 0.0918. The standard InChI is InChI=1S/C19H17ClF2N2O3S/c20-16-13-18(22)17(21)12-15(16)19(25)23-7-9-24(10-8-23)28(26,27)11-6-14-4-2-1-3-5-14/h1-6,11-13H,7-10H2. The van der Waals surface area contributed by atoms with Crippen LogP contribution in [0.15, 0.2) is 47.9 Å². The summed E-state index contributed by atoms with van der Waals surface area (Å²) in [4.78, 5) is 13.9. The van der Waals surface area contributed by atoms with Crippen LogP contribution in [0.4, 0.5) is 8.78 Å². The van der Waals surface area contributed by atoms with Crippen LogP contribution in [-0.2, 0) is 10.0 Å². The number of carbonyl (C=O) groups is 1. The highest BCUT2D eigenvalue weighted by Gasteiger charge is 2.29. The average Bonchev–Trinajstić information content (AvgIpc) is 2.70. The molecule has 28 heavy (non-hydrogen) atoms. The Hall–Kier alpha value is -2.29. The fourth-order valence-electron chi connectivity index (χ4n) is 2.82. The third-order valence-corrected chi connectivity index (χ3v) is 6.24. The lowest BCUT2D eigenvalue weighted by atomic mass is 10.1. The van der Waals surface area contributed by atoms with Crippen molar-refractivity contribution in [3.05, 3.63) is 75.7 Å². The van der Waals surface area contributed by atoms with E-state index < -0.39 is 27.6 Å². The molecule has 0 N–H and O–H groups in total. The van der Waals surface area contributed by atoms with E-state index >= 15 is 0 Å². The quantitative estimate of drug-likeness (QED) is 0.704. The Labute approximate surface area is 166 Å². The summed E-state index contributed by atoms with van der Waals surface area (Å²) < 4.78 is 52.8. The highest BCUT2D eigenvalue weighted by atomic mass is 35.5. The molecule has 1 saturated heterocycles. The number of halogens is 3. The number of nitrogens with zero attached hydrogens (tertiary/aromatic N) is 2. The highest BCUT2D eigenvalue weighted by Crippen LogP contribution is 2.22. The van der Waals surface area contributed by atoms with Gasteiger partial charge >= 0.3 is 0 Å². The molecule has 1 aliphatic heterocycles. The Bertz CT molecular complexity index is 1010. The van der Waals surface area contributed by atoms with Crippen molar-refractivity contribution in [1.82, 2.24) is 9.21 Å². The van der Waals surface area contributed by atoms with Gasteiger partial charge in [-0.3, -0.25) is 4.79 Å². The number of sulfonamides is 1. The van der Waals surface area contributed by atoms with Crippen molar-refractivity contribution in [2.75, 3.05) is 26.2 Å². The van der Waals surface area contributed by atoms with Gasteiger partial charge in [-0.25, -0.2) is 17.2 Å². The lowest BCUT2D eigenvalue weighted by molar-refractivity contribution is 0.0698. The van der Waals surface area contributed by atoms with Gasteiger partial charge in [0.2, 0.25) is 10.0 Å². The minimum atomic E-state index is -3.64. The van der Waals surface area contributed by atoms with Gasteiger partial charge in [0, 0.05) is 31.6 Å². The van der Waals surface area contributed by atoms with E-state index in [4.69, 9.17) is 11.6 Å². The van der Waals surface area contributed by atoms with Crippen molar-refractivity contribution in [1.29, 1.82) is 0 Å². The van der Waals surface area contributed by atoms with Crippen molar-refractivity contribution in [3.8, 4) is 0 Å². The van der Waals surface area contributed by atoms with Crippen molar-refractivity contribution < 1.29 is 22.0 Å². The maximum absolute atomic E-state index is 13.4. The first-order valence-electron chi connectivity index (χ1n) is 8.45. The molecule has 0 spiro atoms. The fraction of sp³-hybridized carbons (Fsp3) is 0.211. The Morgan fingerprint density at radius 2 is 1.61 bits per heavy atom. The third-order valence-electron chi connectivity index (χ3n) is 4.36. The second-order valence-electron chi connectivity index (χ2n) is 6.20. The second-order valence-corrected chi connectivity index (χ2v) is 8.42. The Morgan fingerprint density at radius 1 is 1.00 bits per heavy atom. The number of amides is 1. The second kappa shape index (κ2) is 8.38. The van der Waals surface area contributed by atoms with E-state index in [1.165, 1.54) is 15.3 Å². The van der Waals surface area contributed by atoms with Crippen LogP contribution in [0, 0.1) is 11.6 Å². The Balaban J connectivity index is 1.66. The van der Waals surface area contributed by atoms with Gasteiger partial charge in [0.25, 0.3) is 5.91 Å². The molecule has 0 bridgehead atoms. The lowest BCUT2D eigenvalue weighted by Crippen LogP contribution is -2.50. The molecule has 5 nitrogen and oxygen atoms in total. The molecule has 2 aromatic rings. The summed E-state index contributed by atoms with van der Waals surface area (Å²) in [5, 5.41) is 0.941. The molecule has 1 aliphatic rings. The predicted octanol–water partition coefficient (Wildman–Crippen LogP) is 3.38. The van der Waals surface area contributed by atoms with E-state index in [0.29, 0.717) is 0 Å². The van der Waals surface area contributed by atoms with Gasteiger partial charge in [-0.05, 0) is 23.8 Å². The molecular weight excluding hydrogens is 410 g/mol. The van der Waals surface area contributed by atoms with E-state index in [0.717, 1.165) is 23.1 Å². The molecule has 0 aliphatic carbocycles. The van der Waals surface area contributed by atoms with Crippen LogP contribution >= 0.6 is 11.6 Å². The summed E-state index contributed by atoms with van der Waals surface area (Å²) in [6, 6.07) is 10.5. The Kier molecular flexibility index (Phi) is 6.12. The number of hydrogen-bond donors (Lipinski definition) is 0. The molecule has 0 saturated carbocycles. The minimum Gasteiger partial charge on any atom is -0.336 e. The summed E-state index contributed by atoms with van der Waals surface area (Å²) in [6.07, 6.45) is 1.51. The van der Waals surface area contributed by atoms with E-state index in [1.807, 2.05) is 6.07 Å². The SMILES string of the molecule is O=C(c1cc(F)c(F)cc1Cl)N1CCN(S(=O)(=O)C=Cc2ccccc2)CC1. The number of carbonyl (C=O) groups excluding carboxylic acids is 1. The predicted molar refractivity (Wildman–Crippen MR) is 103 cm³/mol. The zero-order valence-corrected chi connectivity index (χ0v) is 16.3. The molecular formula is C19H17ClF2N2O3S. The first kappa shape index (κ1) is 20.4. The first-order valence-corrected chi connectivity index (χ1v) is 10.3. The van der Waals surface area contributed by atoms with Crippen LogP contribution < -0.4 is 0 Å².